The zero-order chi connectivity index (χ0) is 20.3. The van der Waals surface area contributed by atoms with Gasteiger partial charge in [0.25, 0.3) is 0 Å². The van der Waals surface area contributed by atoms with E-state index in [-0.39, 0.29) is 35.7 Å². The van der Waals surface area contributed by atoms with E-state index >= 15 is 0 Å². The second kappa shape index (κ2) is 6.52. The Balaban J connectivity index is 2.06. The smallest absolute Gasteiger partial charge is 0.188 e. The molecule has 1 fully saturated rings. The number of sulfone groups is 1. The summed E-state index contributed by atoms with van der Waals surface area (Å²) in [6.45, 7) is 1.43. The van der Waals surface area contributed by atoms with Gasteiger partial charge >= 0.3 is 0 Å². The van der Waals surface area contributed by atoms with Crippen molar-refractivity contribution in [1.82, 2.24) is 0 Å². The van der Waals surface area contributed by atoms with Crippen molar-refractivity contribution in [1.29, 1.82) is 0 Å². The van der Waals surface area contributed by atoms with Gasteiger partial charge < -0.3 is 4.74 Å². The number of carbonyl (C=O) groups excluding carboxylic acids is 1. The van der Waals surface area contributed by atoms with Crippen LogP contribution < -0.4 is 4.74 Å². The maximum absolute atomic E-state index is 15.0. The summed E-state index contributed by atoms with van der Waals surface area (Å²) < 4.78 is 60.7. The molecule has 2 aliphatic rings. The summed E-state index contributed by atoms with van der Waals surface area (Å²) in [5, 5.41) is 0.352. The molecule has 4 nitrogen and oxygen atoms in total. The van der Waals surface area contributed by atoms with Crippen LogP contribution >= 0.6 is 11.6 Å². The predicted octanol–water partition coefficient (Wildman–Crippen LogP) is 4.30. The molecule has 0 aromatic heterocycles. The first-order chi connectivity index (χ1) is 13.2. The van der Waals surface area contributed by atoms with Gasteiger partial charge in [-0.3, -0.25) is 4.79 Å². The summed E-state index contributed by atoms with van der Waals surface area (Å²) >= 11 is 5.88. The molecule has 3 atom stereocenters. The van der Waals surface area contributed by atoms with Crippen molar-refractivity contribution in [3.05, 3.63) is 58.6 Å². The maximum atomic E-state index is 15.0. The van der Waals surface area contributed by atoms with Gasteiger partial charge in [-0.25, -0.2) is 17.2 Å². The van der Waals surface area contributed by atoms with Crippen molar-refractivity contribution < 1.29 is 26.7 Å². The Morgan fingerprint density at radius 2 is 1.75 bits per heavy atom. The lowest BCUT2D eigenvalue weighted by molar-refractivity contribution is -0.128. The van der Waals surface area contributed by atoms with Crippen molar-refractivity contribution in [2.45, 2.75) is 29.4 Å². The molecule has 4 rings (SSSR count). The number of carbonyl (C=O) groups is 1. The number of ether oxygens (including phenoxy) is 1. The standard InChI is InChI=1S/C20H17ClF2O4S/c1-11-14-10-27-19-16(23)7-6-15(22)18(19)20(14,9-8-17(11)24)28(25,26)13-4-2-12(21)3-5-13/h2-7,11,14H,8-10H2,1H3/t11-,14-,20-/m1/s1. The first-order valence-electron chi connectivity index (χ1n) is 8.84. The van der Waals surface area contributed by atoms with Gasteiger partial charge in [0.2, 0.25) is 0 Å². The lowest BCUT2D eigenvalue weighted by atomic mass is 9.67. The number of Topliss-reactive ketones (excluding diaryl/α,β-unsaturated/α-hetero) is 1. The lowest BCUT2D eigenvalue weighted by Gasteiger charge is -2.49. The summed E-state index contributed by atoms with van der Waals surface area (Å²) in [4.78, 5) is 12.3. The van der Waals surface area contributed by atoms with Crippen LogP contribution in [0.25, 0.3) is 0 Å². The van der Waals surface area contributed by atoms with Crippen LogP contribution in [0.1, 0.15) is 25.3 Å². The molecule has 1 aliphatic heterocycles. The number of fused-ring (bicyclic) bond motifs is 3. The number of rotatable bonds is 2. The van der Waals surface area contributed by atoms with Crippen LogP contribution in [0.15, 0.2) is 41.3 Å². The fraction of sp³-hybridized carbons (Fsp3) is 0.350. The van der Waals surface area contributed by atoms with E-state index < -0.39 is 43.8 Å². The van der Waals surface area contributed by atoms with Crippen molar-refractivity contribution >= 4 is 27.2 Å². The van der Waals surface area contributed by atoms with E-state index in [1.54, 1.807) is 6.92 Å². The Morgan fingerprint density at radius 1 is 1.11 bits per heavy atom. The van der Waals surface area contributed by atoms with Gasteiger partial charge in [0.05, 0.1) is 17.1 Å². The molecule has 148 valence electrons. The first-order valence-corrected chi connectivity index (χ1v) is 10.7. The third-order valence-electron chi connectivity index (χ3n) is 5.95. The molecule has 0 N–H and O–H groups in total. The highest BCUT2D eigenvalue weighted by Gasteiger charge is 2.61. The second-order valence-electron chi connectivity index (χ2n) is 7.25. The van der Waals surface area contributed by atoms with Crippen molar-refractivity contribution in [2.24, 2.45) is 11.8 Å². The molecule has 2 aromatic rings. The predicted molar refractivity (Wildman–Crippen MR) is 99.1 cm³/mol. The average Bonchev–Trinajstić information content (AvgIpc) is 2.67. The highest BCUT2D eigenvalue weighted by molar-refractivity contribution is 7.92. The molecule has 1 heterocycles. The molecule has 0 bridgehead atoms. The van der Waals surface area contributed by atoms with E-state index in [9.17, 15) is 22.0 Å². The van der Waals surface area contributed by atoms with Gasteiger partial charge in [0.1, 0.15) is 16.3 Å². The Morgan fingerprint density at radius 3 is 2.43 bits per heavy atom. The van der Waals surface area contributed by atoms with Crippen LogP contribution in [-0.4, -0.2) is 20.8 Å². The Labute approximate surface area is 166 Å². The van der Waals surface area contributed by atoms with Gasteiger partial charge in [0.15, 0.2) is 21.4 Å². The topological polar surface area (TPSA) is 60.4 Å². The van der Waals surface area contributed by atoms with E-state index in [1.165, 1.54) is 24.3 Å². The van der Waals surface area contributed by atoms with Crippen molar-refractivity contribution in [2.75, 3.05) is 6.61 Å². The molecule has 28 heavy (non-hydrogen) atoms. The fourth-order valence-electron chi connectivity index (χ4n) is 4.47. The fourth-order valence-corrected chi connectivity index (χ4v) is 7.01. The molecule has 8 heteroatoms. The molecule has 1 saturated carbocycles. The van der Waals surface area contributed by atoms with Gasteiger partial charge in [-0.1, -0.05) is 18.5 Å². The molecule has 0 saturated heterocycles. The Hall–Kier alpha value is -1.99. The molecule has 2 aromatic carbocycles. The number of benzene rings is 2. The second-order valence-corrected chi connectivity index (χ2v) is 9.90. The highest BCUT2D eigenvalue weighted by atomic mass is 35.5. The summed E-state index contributed by atoms with van der Waals surface area (Å²) in [5.74, 6) is -3.71. The summed E-state index contributed by atoms with van der Waals surface area (Å²) in [7, 11) is -4.21. The van der Waals surface area contributed by atoms with Gasteiger partial charge in [-0.2, -0.15) is 0 Å². The molecular weight excluding hydrogens is 410 g/mol. The number of halogens is 3. The highest BCUT2D eigenvalue weighted by Crippen LogP contribution is 2.57. The normalized spacial score (nSPS) is 26.9. The zero-order valence-electron chi connectivity index (χ0n) is 14.9. The molecule has 0 unspecified atom stereocenters. The zero-order valence-corrected chi connectivity index (χ0v) is 16.5. The van der Waals surface area contributed by atoms with E-state index in [2.05, 4.69) is 0 Å². The Kier molecular flexibility index (Phi) is 4.50. The van der Waals surface area contributed by atoms with Crippen molar-refractivity contribution in [3.8, 4) is 5.75 Å². The average molecular weight is 427 g/mol. The molecule has 0 radical (unpaired) electrons. The molecule has 1 aliphatic carbocycles. The first kappa shape index (κ1) is 19.3. The number of ketones is 1. The summed E-state index contributed by atoms with van der Waals surface area (Å²) in [6, 6.07) is 7.36. The third-order valence-corrected chi connectivity index (χ3v) is 8.76. The minimum absolute atomic E-state index is 0.0418. The van der Waals surface area contributed by atoms with E-state index in [1.807, 2.05) is 0 Å². The summed E-state index contributed by atoms with van der Waals surface area (Å²) in [6.07, 6.45) is -0.178. The van der Waals surface area contributed by atoms with E-state index in [0.717, 1.165) is 12.1 Å². The number of hydrogen-bond donors (Lipinski definition) is 0. The van der Waals surface area contributed by atoms with Crippen LogP contribution in [0.2, 0.25) is 5.02 Å². The maximum Gasteiger partial charge on any atom is 0.188 e. The van der Waals surface area contributed by atoms with Crippen LogP contribution in [0.3, 0.4) is 0 Å². The minimum Gasteiger partial charge on any atom is -0.490 e. The van der Waals surface area contributed by atoms with Crippen molar-refractivity contribution in [3.63, 3.8) is 0 Å². The van der Waals surface area contributed by atoms with Gasteiger partial charge in [0, 0.05) is 23.3 Å². The van der Waals surface area contributed by atoms with E-state index in [4.69, 9.17) is 16.3 Å². The third kappa shape index (κ3) is 2.52. The largest absolute Gasteiger partial charge is 0.490 e. The molecular formula is C20H17ClF2O4S. The number of hydrogen-bond acceptors (Lipinski definition) is 4. The quantitative estimate of drug-likeness (QED) is 0.718. The monoisotopic (exact) mass is 426 g/mol. The molecule has 0 amide bonds. The van der Waals surface area contributed by atoms with Crippen LogP contribution in [0, 0.1) is 23.5 Å². The van der Waals surface area contributed by atoms with Gasteiger partial charge in [-0.15, -0.1) is 0 Å². The Bertz CT molecular complexity index is 1070. The molecule has 0 spiro atoms. The van der Waals surface area contributed by atoms with Crippen LogP contribution in [0.4, 0.5) is 8.78 Å². The van der Waals surface area contributed by atoms with Crippen LogP contribution in [-0.2, 0) is 19.4 Å². The SMILES string of the molecule is C[C@H]1C(=O)CC[C@]2(S(=O)(=O)c3ccc(Cl)cc3)c3c(F)ccc(F)c3OC[C@H]12. The minimum atomic E-state index is -4.21. The van der Waals surface area contributed by atoms with Crippen LogP contribution in [0.5, 0.6) is 5.75 Å². The van der Waals surface area contributed by atoms with Gasteiger partial charge in [-0.05, 0) is 42.8 Å². The lowest BCUT2D eigenvalue weighted by Crippen LogP contribution is -2.55. The van der Waals surface area contributed by atoms with E-state index in [0.29, 0.717) is 5.02 Å². The summed E-state index contributed by atoms with van der Waals surface area (Å²) in [5.41, 5.74) is -0.321.